The van der Waals surface area contributed by atoms with Crippen molar-refractivity contribution in [1.82, 2.24) is 9.88 Å². The third-order valence-electron chi connectivity index (χ3n) is 4.72. The molecule has 128 valence electrons. The van der Waals surface area contributed by atoms with E-state index in [1.54, 1.807) is 6.92 Å². The summed E-state index contributed by atoms with van der Waals surface area (Å²) in [5, 5.41) is 0. The van der Waals surface area contributed by atoms with Crippen LogP contribution in [0.5, 0.6) is 0 Å². The van der Waals surface area contributed by atoms with Crippen LogP contribution < -0.4 is 4.90 Å². The standard InChI is InChI=1S/C16H22F3N3O/c1-10(2)21-4-5-22-13(8-21)9-23-11(3)14-6-12(16(17,18)19)7-20-15(14)22/h6-7,10-11,13H,4-5,8-9H2,1-3H3/t11?,13-/m1/s1. The lowest BCUT2D eigenvalue weighted by Gasteiger charge is -2.42. The number of aromatic nitrogens is 1. The van der Waals surface area contributed by atoms with E-state index in [1.807, 2.05) is 0 Å². The topological polar surface area (TPSA) is 28.6 Å². The number of rotatable bonds is 1. The second-order valence-electron chi connectivity index (χ2n) is 6.55. The zero-order valence-electron chi connectivity index (χ0n) is 13.6. The van der Waals surface area contributed by atoms with E-state index in [0.717, 1.165) is 25.8 Å². The Morgan fingerprint density at radius 1 is 1.30 bits per heavy atom. The lowest BCUT2D eigenvalue weighted by Crippen LogP contribution is -2.56. The van der Waals surface area contributed by atoms with Crippen molar-refractivity contribution in [2.75, 3.05) is 31.1 Å². The van der Waals surface area contributed by atoms with Crippen LogP contribution in [0, 0.1) is 0 Å². The monoisotopic (exact) mass is 329 g/mol. The van der Waals surface area contributed by atoms with Crippen LogP contribution in [0.1, 0.15) is 38.0 Å². The summed E-state index contributed by atoms with van der Waals surface area (Å²) in [6.45, 7) is 9.07. The summed E-state index contributed by atoms with van der Waals surface area (Å²) >= 11 is 0. The third kappa shape index (κ3) is 3.17. The highest BCUT2D eigenvalue weighted by Crippen LogP contribution is 2.37. The number of pyridine rings is 1. The maximum absolute atomic E-state index is 13.0. The summed E-state index contributed by atoms with van der Waals surface area (Å²) in [5.74, 6) is 0.636. The van der Waals surface area contributed by atoms with Gasteiger partial charge in [-0.25, -0.2) is 4.98 Å². The average Bonchev–Trinajstić information content (AvgIpc) is 2.63. The number of hydrogen-bond acceptors (Lipinski definition) is 4. The van der Waals surface area contributed by atoms with Gasteiger partial charge in [0.25, 0.3) is 0 Å². The van der Waals surface area contributed by atoms with Crippen LogP contribution in [0.3, 0.4) is 0 Å². The molecule has 0 amide bonds. The summed E-state index contributed by atoms with van der Waals surface area (Å²) in [4.78, 5) is 8.63. The summed E-state index contributed by atoms with van der Waals surface area (Å²) in [6.07, 6.45) is -3.84. The molecule has 3 heterocycles. The minimum Gasteiger partial charge on any atom is -0.371 e. The Balaban J connectivity index is 1.95. The van der Waals surface area contributed by atoms with Crippen LogP contribution in [-0.4, -0.2) is 48.2 Å². The quantitative estimate of drug-likeness (QED) is 0.792. The van der Waals surface area contributed by atoms with Crippen LogP contribution in [-0.2, 0) is 10.9 Å². The highest BCUT2D eigenvalue weighted by molar-refractivity contribution is 5.52. The molecule has 0 N–H and O–H groups in total. The molecule has 0 radical (unpaired) electrons. The zero-order valence-corrected chi connectivity index (χ0v) is 13.6. The predicted molar refractivity (Wildman–Crippen MR) is 81.4 cm³/mol. The van der Waals surface area contributed by atoms with Crippen molar-refractivity contribution in [3.8, 4) is 0 Å². The predicted octanol–water partition coefficient (Wildman–Crippen LogP) is 3.09. The minimum absolute atomic E-state index is 0.124. The van der Waals surface area contributed by atoms with Crippen molar-refractivity contribution >= 4 is 5.82 Å². The van der Waals surface area contributed by atoms with Crippen LogP contribution >= 0.6 is 0 Å². The molecule has 4 nitrogen and oxygen atoms in total. The van der Waals surface area contributed by atoms with Gasteiger partial charge in [-0.15, -0.1) is 0 Å². The van der Waals surface area contributed by atoms with Crippen molar-refractivity contribution in [3.05, 3.63) is 23.4 Å². The van der Waals surface area contributed by atoms with E-state index in [2.05, 4.69) is 28.6 Å². The van der Waals surface area contributed by atoms with Crippen LogP contribution in [0.25, 0.3) is 0 Å². The molecule has 2 aliphatic heterocycles. The molecule has 0 aromatic carbocycles. The third-order valence-corrected chi connectivity index (χ3v) is 4.72. The van der Waals surface area contributed by atoms with Gasteiger partial charge in [0.2, 0.25) is 0 Å². The maximum Gasteiger partial charge on any atom is 0.417 e. The number of piperazine rings is 1. The van der Waals surface area contributed by atoms with Crippen molar-refractivity contribution in [2.24, 2.45) is 0 Å². The molecule has 0 spiro atoms. The van der Waals surface area contributed by atoms with Crippen LogP contribution in [0.2, 0.25) is 0 Å². The lowest BCUT2D eigenvalue weighted by atomic mass is 10.1. The van der Waals surface area contributed by atoms with E-state index in [-0.39, 0.29) is 6.04 Å². The van der Waals surface area contributed by atoms with E-state index < -0.39 is 17.8 Å². The fraction of sp³-hybridized carbons (Fsp3) is 0.688. The first-order valence-corrected chi connectivity index (χ1v) is 7.97. The molecule has 0 saturated carbocycles. The highest BCUT2D eigenvalue weighted by atomic mass is 19.4. The second-order valence-corrected chi connectivity index (χ2v) is 6.55. The molecule has 1 saturated heterocycles. The van der Waals surface area contributed by atoms with E-state index in [0.29, 0.717) is 24.0 Å². The first kappa shape index (κ1) is 16.5. The summed E-state index contributed by atoms with van der Waals surface area (Å²) in [7, 11) is 0. The number of halogens is 3. The SMILES string of the molecule is CC1OC[C@H]2CN(C(C)C)CCN2c2ncc(C(F)(F)F)cc21. The van der Waals surface area contributed by atoms with Crippen molar-refractivity contribution < 1.29 is 17.9 Å². The normalized spacial score (nSPS) is 26.0. The second kappa shape index (κ2) is 5.94. The van der Waals surface area contributed by atoms with Gasteiger partial charge >= 0.3 is 6.18 Å². The van der Waals surface area contributed by atoms with Crippen LogP contribution in [0.15, 0.2) is 12.3 Å². The number of fused-ring (bicyclic) bond motifs is 3. The zero-order chi connectivity index (χ0) is 16.8. The molecular weight excluding hydrogens is 307 g/mol. The number of nitrogens with zero attached hydrogens (tertiary/aromatic N) is 3. The summed E-state index contributed by atoms with van der Waals surface area (Å²) in [5.41, 5.74) is -0.189. The molecular formula is C16H22F3N3O. The van der Waals surface area contributed by atoms with Crippen molar-refractivity contribution in [1.29, 1.82) is 0 Å². The fourth-order valence-corrected chi connectivity index (χ4v) is 3.28. The summed E-state index contributed by atoms with van der Waals surface area (Å²) in [6, 6.07) is 1.75. The molecule has 3 rings (SSSR count). The van der Waals surface area contributed by atoms with E-state index in [9.17, 15) is 13.2 Å². The van der Waals surface area contributed by atoms with Gasteiger partial charge in [-0.05, 0) is 26.8 Å². The number of anilines is 1. The van der Waals surface area contributed by atoms with Gasteiger partial charge < -0.3 is 9.64 Å². The molecule has 0 aliphatic carbocycles. The highest BCUT2D eigenvalue weighted by Gasteiger charge is 2.37. The molecule has 7 heteroatoms. The van der Waals surface area contributed by atoms with E-state index in [4.69, 9.17) is 4.74 Å². The van der Waals surface area contributed by atoms with Gasteiger partial charge in [0.15, 0.2) is 0 Å². The van der Waals surface area contributed by atoms with E-state index >= 15 is 0 Å². The first-order chi connectivity index (χ1) is 10.8. The minimum atomic E-state index is -4.39. The Morgan fingerprint density at radius 2 is 2.04 bits per heavy atom. The molecule has 2 atom stereocenters. The molecule has 1 fully saturated rings. The van der Waals surface area contributed by atoms with Gasteiger partial charge in [-0.1, -0.05) is 0 Å². The van der Waals surface area contributed by atoms with Gasteiger partial charge in [0, 0.05) is 37.4 Å². The maximum atomic E-state index is 13.0. The fourth-order valence-electron chi connectivity index (χ4n) is 3.28. The Bertz CT molecular complexity index is 576. The van der Waals surface area contributed by atoms with Crippen LogP contribution in [0.4, 0.5) is 19.0 Å². The van der Waals surface area contributed by atoms with Gasteiger partial charge in [-0.3, -0.25) is 4.90 Å². The number of ether oxygens (including phenoxy) is 1. The number of alkyl halides is 3. The Hall–Kier alpha value is -1.34. The molecule has 1 aromatic heterocycles. The smallest absolute Gasteiger partial charge is 0.371 e. The largest absolute Gasteiger partial charge is 0.417 e. The number of hydrogen-bond donors (Lipinski definition) is 0. The molecule has 2 aliphatic rings. The van der Waals surface area contributed by atoms with Crippen molar-refractivity contribution in [2.45, 2.75) is 45.1 Å². The van der Waals surface area contributed by atoms with Gasteiger partial charge in [0.1, 0.15) is 5.82 Å². The average molecular weight is 329 g/mol. The molecule has 23 heavy (non-hydrogen) atoms. The van der Waals surface area contributed by atoms with E-state index in [1.165, 1.54) is 6.07 Å². The van der Waals surface area contributed by atoms with Gasteiger partial charge in [-0.2, -0.15) is 13.2 Å². The Labute approximate surface area is 134 Å². The molecule has 0 bridgehead atoms. The van der Waals surface area contributed by atoms with Gasteiger partial charge in [0.05, 0.1) is 24.3 Å². The van der Waals surface area contributed by atoms with Crippen molar-refractivity contribution in [3.63, 3.8) is 0 Å². The lowest BCUT2D eigenvalue weighted by molar-refractivity contribution is -0.137. The summed E-state index contributed by atoms with van der Waals surface area (Å²) < 4.78 is 44.7. The Kier molecular flexibility index (Phi) is 4.27. The Morgan fingerprint density at radius 3 is 2.70 bits per heavy atom. The first-order valence-electron chi connectivity index (χ1n) is 7.97. The molecule has 1 aromatic rings. The molecule has 1 unspecified atom stereocenters.